The first-order valence-electron chi connectivity index (χ1n) is 5.13. The summed E-state index contributed by atoms with van der Waals surface area (Å²) >= 11 is 12.1. The van der Waals surface area contributed by atoms with Gasteiger partial charge in [0.15, 0.2) is 0 Å². The fourth-order valence-corrected chi connectivity index (χ4v) is 2.01. The third kappa shape index (κ3) is 2.97. The molecule has 4 nitrogen and oxygen atoms in total. The molecular weight excluding hydrogens is 261 g/mol. The molecule has 1 heterocycles. The molecule has 90 valence electrons. The average Bonchev–Trinajstić information content (AvgIpc) is 2.72. The van der Waals surface area contributed by atoms with E-state index in [9.17, 15) is 0 Å². The van der Waals surface area contributed by atoms with E-state index in [4.69, 9.17) is 28.3 Å². The molecule has 2 aromatic rings. The molecule has 0 atom stereocenters. The molecular formula is C11H11Cl2N3O. The van der Waals surface area contributed by atoms with Crippen LogP contribution in [0, 0.1) is 0 Å². The van der Waals surface area contributed by atoms with Gasteiger partial charge in [-0.1, -0.05) is 34.5 Å². The quantitative estimate of drug-likeness (QED) is 0.928. The number of rotatable bonds is 4. The van der Waals surface area contributed by atoms with Crippen LogP contribution < -0.4 is 0 Å². The third-order valence-corrected chi connectivity index (χ3v) is 3.04. The van der Waals surface area contributed by atoms with Crippen molar-refractivity contribution >= 4 is 23.2 Å². The monoisotopic (exact) mass is 271 g/mol. The highest BCUT2D eigenvalue weighted by Gasteiger charge is 2.07. The fraction of sp³-hybridized carbons (Fsp3) is 0.273. The Morgan fingerprint density at radius 2 is 1.94 bits per heavy atom. The van der Waals surface area contributed by atoms with Crippen LogP contribution in [0.25, 0.3) is 0 Å². The van der Waals surface area contributed by atoms with Crippen LogP contribution in [0.15, 0.2) is 24.4 Å². The Balaban J connectivity index is 2.19. The molecule has 0 aliphatic heterocycles. The lowest BCUT2D eigenvalue weighted by molar-refractivity contribution is 0.298. The molecule has 0 aliphatic carbocycles. The van der Waals surface area contributed by atoms with Crippen LogP contribution in [0.2, 0.25) is 10.0 Å². The van der Waals surface area contributed by atoms with Gasteiger partial charge in [-0.05, 0) is 12.1 Å². The predicted octanol–water partition coefficient (Wildman–Crippen LogP) is 2.17. The van der Waals surface area contributed by atoms with E-state index < -0.39 is 0 Å². The first-order valence-corrected chi connectivity index (χ1v) is 5.89. The fourth-order valence-electron chi connectivity index (χ4n) is 1.49. The molecule has 17 heavy (non-hydrogen) atoms. The maximum absolute atomic E-state index is 8.79. The van der Waals surface area contributed by atoms with Crippen LogP contribution in [0.5, 0.6) is 0 Å². The second kappa shape index (κ2) is 5.49. The molecule has 0 saturated carbocycles. The van der Waals surface area contributed by atoms with Crippen LogP contribution in [-0.4, -0.2) is 26.7 Å². The van der Waals surface area contributed by atoms with Gasteiger partial charge in [0.1, 0.15) is 0 Å². The summed E-state index contributed by atoms with van der Waals surface area (Å²) in [5.41, 5.74) is 1.56. The van der Waals surface area contributed by atoms with Gasteiger partial charge < -0.3 is 5.11 Å². The molecule has 0 saturated heterocycles. The smallest absolute Gasteiger partial charge is 0.0850 e. The first kappa shape index (κ1) is 12.4. The van der Waals surface area contributed by atoms with E-state index in [-0.39, 0.29) is 6.61 Å². The first-order chi connectivity index (χ1) is 8.20. The van der Waals surface area contributed by atoms with Crippen LogP contribution in [-0.2, 0) is 13.0 Å². The number of halogens is 2. The second-order valence-corrected chi connectivity index (χ2v) is 4.40. The number of hydrogen-bond acceptors (Lipinski definition) is 3. The van der Waals surface area contributed by atoms with Crippen molar-refractivity contribution in [3.63, 3.8) is 0 Å². The third-order valence-electron chi connectivity index (χ3n) is 2.34. The number of aliphatic hydroxyl groups is 1. The van der Waals surface area contributed by atoms with Crippen LogP contribution in [0.4, 0.5) is 0 Å². The van der Waals surface area contributed by atoms with Gasteiger partial charge in [-0.2, -0.15) is 0 Å². The van der Waals surface area contributed by atoms with Crippen LogP contribution in [0.3, 0.4) is 0 Å². The lowest BCUT2D eigenvalue weighted by Gasteiger charge is -2.05. The summed E-state index contributed by atoms with van der Waals surface area (Å²) in [7, 11) is 0. The van der Waals surface area contributed by atoms with Gasteiger partial charge >= 0.3 is 0 Å². The molecule has 0 aliphatic rings. The van der Waals surface area contributed by atoms with Gasteiger partial charge in [-0.15, -0.1) is 5.10 Å². The topological polar surface area (TPSA) is 50.9 Å². The van der Waals surface area contributed by atoms with Crippen molar-refractivity contribution < 1.29 is 5.11 Å². The highest BCUT2D eigenvalue weighted by atomic mass is 35.5. The molecule has 0 bridgehead atoms. The summed E-state index contributed by atoms with van der Waals surface area (Å²) in [4.78, 5) is 0. The van der Waals surface area contributed by atoms with Gasteiger partial charge in [-0.25, -0.2) is 4.68 Å². The number of nitrogens with zero attached hydrogens (tertiary/aromatic N) is 3. The highest BCUT2D eigenvalue weighted by molar-refractivity contribution is 6.35. The van der Waals surface area contributed by atoms with E-state index in [1.165, 1.54) is 0 Å². The minimum atomic E-state index is 0.0611. The van der Waals surface area contributed by atoms with E-state index in [0.29, 0.717) is 23.0 Å². The van der Waals surface area contributed by atoms with Crippen molar-refractivity contribution in [1.82, 2.24) is 15.0 Å². The van der Waals surface area contributed by atoms with Gasteiger partial charge in [0.05, 0.1) is 12.2 Å². The van der Waals surface area contributed by atoms with Crippen molar-refractivity contribution in [2.75, 3.05) is 6.61 Å². The maximum Gasteiger partial charge on any atom is 0.0850 e. The summed E-state index contributed by atoms with van der Waals surface area (Å²) in [6.07, 6.45) is 2.27. The zero-order chi connectivity index (χ0) is 12.3. The minimum Gasteiger partial charge on any atom is -0.396 e. The summed E-state index contributed by atoms with van der Waals surface area (Å²) in [6.45, 7) is 0.530. The predicted molar refractivity (Wildman–Crippen MR) is 66.4 cm³/mol. The number of hydrogen-bond donors (Lipinski definition) is 1. The number of aromatic nitrogens is 3. The average molecular weight is 272 g/mol. The Kier molecular flexibility index (Phi) is 3.99. The van der Waals surface area contributed by atoms with Crippen LogP contribution in [0.1, 0.15) is 11.3 Å². The molecule has 0 unspecified atom stereocenters. The second-order valence-electron chi connectivity index (χ2n) is 3.58. The SMILES string of the molecule is OCCc1cn(Cc2c(Cl)cccc2Cl)nn1. The Bertz CT molecular complexity index is 493. The molecule has 0 amide bonds. The van der Waals surface area contributed by atoms with Crippen molar-refractivity contribution in [3.8, 4) is 0 Å². The number of benzene rings is 1. The summed E-state index contributed by atoms with van der Waals surface area (Å²) in [5, 5.41) is 17.9. The van der Waals surface area contributed by atoms with Gasteiger partial charge in [0, 0.05) is 34.8 Å². The molecule has 1 aromatic heterocycles. The Morgan fingerprint density at radius 1 is 1.24 bits per heavy atom. The van der Waals surface area contributed by atoms with Gasteiger partial charge in [0.25, 0.3) is 0 Å². The standard InChI is InChI=1S/C11H11Cl2N3O/c12-10-2-1-3-11(13)9(10)7-16-6-8(4-5-17)14-15-16/h1-3,6,17H,4-5,7H2. The lowest BCUT2D eigenvalue weighted by Crippen LogP contribution is -2.01. The number of aliphatic hydroxyl groups excluding tert-OH is 1. The lowest BCUT2D eigenvalue weighted by atomic mass is 10.2. The zero-order valence-electron chi connectivity index (χ0n) is 8.98. The van der Waals surface area contributed by atoms with E-state index in [2.05, 4.69) is 10.3 Å². The molecule has 0 spiro atoms. The van der Waals surface area contributed by atoms with E-state index in [0.717, 1.165) is 11.3 Å². The molecule has 2 rings (SSSR count). The van der Waals surface area contributed by atoms with E-state index in [1.54, 1.807) is 29.1 Å². The Labute approximate surface area is 109 Å². The highest BCUT2D eigenvalue weighted by Crippen LogP contribution is 2.24. The van der Waals surface area contributed by atoms with Crippen LogP contribution >= 0.6 is 23.2 Å². The maximum atomic E-state index is 8.79. The summed E-state index contributed by atoms with van der Waals surface area (Å²) < 4.78 is 1.65. The van der Waals surface area contributed by atoms with Crippen molar-refractivity contribution in [3.05, 3.63) is 45.7 Å². The van der Waals surface area contributed by atoms with Gasteiger partial charge in [-0.3, -0.25) is 0 Å². The molecule has 6 heteroatoms. The van der Waals surface area contributed by atoms with Crippen molar-refractivity contribution in [2.24, 2.45) is 0 Å². The molecule has 0 radical (unpaired) electrons. The normalized spacial score (nSPS) is 10.8. The van der Waals surface area contributed by atoms with E-state index >= 15 is 0 Å². The zero-order valence-corrected chi connectivity index (χ0v) is 10.5. The van der Waals surface area contributed by atoms with Gasteiger partial charge in [0.2, 0.25) is 0 Å². The molecule has 1 N–H and O–H groups in total. The van der Waals surface area contributed by atoms with Crippen molar-refractivity contribution in [1.29, 1.82) is 0 Å². The van der Waals surface area contributed by atoms with E-state index in [1.807, 2.05) is 0 Å². The Morgan fingerprint density at radius 3 is 2.59 bits per heavy atom. The van der Waals surface area contributed by atoms with Crippen molar-refractivity contribution in [2.45, 2.75) is 13.0 Å². The Hall–Kier alpha value is -1.10. The summed E-state index contributed by atoms with van der Waals surface area (Å²) in [6, 6.07) is 5.37. The largest absolute Gasteiger partial charge is 0.396 e. The summed E-state index contributed by atoms with van der Waals surface area (Å²) in [5.74, 6) is 0. The molecule has 0 fully saturated rings. The minimum absolute atomic E-state index is 0.0611. The molecule has 1 aromatic carbocycles.